The van der Waals surface area contributed by atoms with Gasteiger partial charge in [-0.2, -0.15) is 0 Å². The van der Waals surface area contributed by atoms with Gasteiger partial charge in [-0.15, -0.1) is 0 Å². The summed E-state index contributed by atoms with van der Waals surface area (Å²) >= 11 is 5.85. The Morgan fingerprint density at radius 1 is 1.19 bits per heavy atom. The minimum atomic E-state index is -0.322. The summed E-state index contributed by atoms with van der Waals surface area (Å²) in [6, 6.07) is 10.4. The topological polar surface area (TPSA) is 21.3 Å². The molecule has 0 unspecified atom stereocenters. The van der Waals surface area contributed by atoms with E-state index in [0.717, 1.165) is 22.6 Å². The SMILES string of the molecule is Cc1cc(OC(C)C)ccc1NCc1cc(F)cc(Cl)c1. The molecule has 0 aliphatic carbocycles. The van der Waals surface area contributed by atoms with Gasteiger partial charge in [-0.3, -0.25) is 0 Å². The highest BCUT2D eigenvalue weighted by Crippen LogP contribution is 2.23. The summed E-state index contributed by atoms with van der Waals surface area (Å²) in [6.45, 7) is 6.52. The summed E-state index contributed by atoms with van der Waals surface area (Å²) < 4.78 is 18.9. The van der Waals surface area contributed by atoms with E-state index in [0.29, 0.717) is 11.6 Å². The molecule has 0 aliphatic rings. The molecule has 0 heterocycles. The van der Waals surface area contributed by atoms with Gasteiger partial charge >= 0.3 is 0 Å². The van der Waals surface area contributed by atoms with Crippen molar-refractivity contribution in [1.82, 2.24) is 0 Å². The average Bonchev–Trinajstić information content (AvgIpc) is 2.36. The van der Waals surface area contributed by atoms with E-state index in [4.69, 9.17) is 16.3 Å². The van der Waals surface area contributed by atoms with E-state index in [9.17, 15) is 4.39 Å². The van der Waals surface area contributed by atoms with Gasteiger partial charge in [0.05, 0.1) is 6.10 Å². The molecule has 2 rings (SSSR count). The molecule has 2 nitrogen and oxygen atoms in total. The zero-order chi connectivity index (χ0) is 15.4. The van der Waals surface area contributed by atoms with Gasteiger partial charge in [-0.25, -0.2) is 4.39 Å². The van der Waals surface area contributed by atoms with Crippen LogP contribution in [0.2, 0.25) is 5.02 Å². The van der Waals surface area contributed by atoms with E-state index in [2.05, 4.69) is 5.32 Å². The van der Waals surface area contributed by atoms with Crippen LogP contribution in [0.15, 0.2) is 36.4 Å². The summed E-state index contributed by atoms with van der Waals surface area (Å²) in [7, 11) is 0. The Kier molecular flexibility index (Phi) is 5.07. The summed E-state index contributed by atoms with van der Waals surface area (Å²) in [4.78, 5) is 0. The lowest BCUT2D eigenvalue weighted by Crippen LogP contribution is -2.06. The van der Waals surface area contributed by atoms with E-state index >= 15 is 0 Å². The molecule has 0 saturated heterocycles. The molecule has 0 saturated carbocycles. The zero-order valence-corrected chi connectivity index (χ0v) is 13.2. The molecule has 0 spiro atoms. The molecular formula is C17H19ClFNO. The number of nitrogens with one attached hydrogen (secondary N) is 1. The predicted molar refractivity (Wildman–Crippen MR) is 85.7 cm³/mol. The summed E-state index contributed by atoms with van der Waals surface area (Å²) in [5.41, 5.74) is 2.88. The monoisotopic (exact) mass is 307 g/mol. The molecule has 4 heteroatoms. The second-order valence-corrected chi connectivity index (χ2v) is 5.71. The first-order chi connectivity index (χ1) is 9.94. The van der Waals surface area contributed by atoms with Crippen molar-refractivity contribution in [1.29, 1.82) is 0 Å². The molecule has 0 amide bonds. The fraction of sp³-hybridized carbons (Fsp3) is 0.294. The molecule has 2 aromatic rings. The van der Waals surface area contributed by atoms with Crippen LogP contribution in [0.3, 0.4) is 0 Å². The Hall–Kier alpha value is -1.74. The Labute approximate surface area is 129 Å². The van der Waals surface area contributed by atoms with Crippen LogP contribution in [-0.2, 0) is 6.54 Å². The lowest BCUT2D eigenvalue weighted by molar-refractivity contribution is 0.242. The maximum atomic E-state index is 13.3. The first-order valence-corrected chi connectivity index (χ1v) is 7.28. The second kappa shape index (κ2) is 6.81. The fourth-order valence-corrected chi connectivity index (χ4v) is 2.33. The fourth-order valence-electron chi connectivity index (χ4n) is 2.09. The van der Waals surface area contributed by atoms with Crippen molar-refractivity contribution < 1.29 is 9.13 Å². The number of ether oxygens (including phenoxy) is 1. The molecule has 0 radical (unpaired) electrons. The number of benzene rings is 2. The maximum Gasteiger partial charge on any atom is 0.125 e. The van der Waals surface area contributed by atoms with Crippen LogP contribution < -0.4 is 10.1 Å². The van der Waals surface area contributed by atoms with Crippen molar-refractivity contribution in [2.24, 2.45) is 0 Å². The highest BCUT2D eigenvalue weighted by atomic mass is 35.5. The third kappa shape index (κ3) is 4.64. The van der Waals surface area contributed by atoms with E-state index in [1.165, 1.54) is 12.1 Å². The number of halogens is 2. The van der Waals surface area contributed by atoms with Gasteiger partial charge in [0.1, 0.15) is 11.6 Å². The van der Waals surface area contributed by atoms with Crippen molar-refractivity contribution in [3.05, 3.63) is 58.4 Å². The van der Waals surface area contributed by atoms with Crippen LogP contribution in [-0.4, -0.2) is 6.10 Å². The highest BCUT2D eigenvalue weighted by molar-refractivity contribution is 6.30. The number of hydrogen-bond donors (Lipinski definition) is 1. The quantitative estimate of drug-likeness (QED) is 0.821. The van der Waals surface area contributed by atoms with Crippen molar-refractivity contribution >= 4 is 17.3 Å². The lowest BCUT2D eigenvalue weighted by atomic mass is 10.1. The van der Waals surface area contributed by atoms with E-state index in [1.807, 2.05) is 39.0 Å². The van der Waals surface area contributed by atoms with E-state index < -0.39 is 0 Å². The molecule has 21 heavy (non-hydrogen) atoms. The molecule has 0 atom stereocenters. The van der Waals surface area contributed by atoms with E-state index in [1.54, 1.807) is 6.07 Å². The normalized spacial score (nSPS) is 10.8. The van der Waals surface area contributed by atoms with Crippen LogP contribution in [0.5, 0.6) is 5.75 Å². The molecule has 1 N–H and O–H groups in total. The maximum absolute atomic E-state index is 13.3. The van der Waals surface area contributed by atoms with Gasteiger partial charge in [0.25, 0.3) is 0 Å². The molecule has 112 valence electrons. The zero-order valence-electron chi connectivity index (χ0n) is 12.4. The van der Waals surface area contributed by atoms with Crippen molar-refractivity contribution in [3.8, 4) is 5.75 Å². The van der Waals surface area contributed by atoms with Gasteiger partial charge < -0.3 is 10.1 Å². The van der Waals surface area contributed by atoms with Crippen LogP contribution in [0.25, 0.3) is 0 Å². The minimum absolute atomic E-state index is 0.151. The molecule has 0 aliphatic heterocycles. The van der Waals surface area contributed by atoms with Crippen molar-refractivity contribution in [2.75, 3.05) is 5.32 Å². The molecule has 0 fully saturated rings. The second-order valence-electron chi connectivity index (χ2n) is 5.27. The van der Waals surface area contributed by atoms with Gasteiger partial charge in [0.2, 0.25) is 0 Å². The van der Waals surface area contributed by atoms with Crippen molar-refractivity contribution in [2.45, 2.75) is 33.4 Å². The smallest absolute Gasteiger partial charge is 0.125 e. The Morgan fingerprint density at radius 3 is 2.57 bits per heavy atom. The summed E-state index contributed by atoms with van der Waals surface area (Å²) in [6.07, 6.45) is 0.151. The van der Waals surface area contributed by atoms with E-state index in [-0.39, 0.29) is 11.9 Å². The minimum Gasteiger partial charge on any atom is -0.491 e. The highest BCUT2D eigenvalue weighted by Gasteiger charge is 2.04. The van der Waals surface area contributed by atoms with Crippen molar-refractivity contribution in [3.63, 3.8) is 0 Å². The first kappa shape index (κ1) is 15.6. The number of aryl methyl sites for hydroxylation is 1. The van der Waals surface area contributed by atoms with Crippen LogP contribution in [0, 0.1) is 12.7 Å². The molecule has 0 aromatic heterocycles. The Balaban J connectivity index is 2.06. The first-order valence-electron chi connectivity index (χ1n) is 6.90. The van der Waals surface area contributed by atoms with Crippen LogP contribution >= 0.6 is 11.6 Å². The third-order valence-corrected chi connectivity index (χ3v) is 3.19. The number of rotatable bonds is 5. The molecule has 2 aromatic carbocycles. The van der Waals surface area contributed by atoms with Crippen LogP contribution in [0.1, 0.15) is 25.0 Å². The van der Waals surface area contributed by atoms with Gasteiger partial charge in [-0.1, -0.05) is 11.6 Å². The predicted octanol–water partition coefficient (Wildman–Crippen LogP) is 5.19. The van der Waals surface area contributed by atoms with Gasteiger partial charge in [-0.05, 0) is 68.3 Å². The Morgan fingerprint density at radius 2 is 1.95 bits per heavy atom. The molecular weight excluding hydrogens is 289 g/mol. The lowest BCUT2D eigenvalue weighted by Gasteiger charge is -2.14. The number of anilines is 1. The van der Waals surface area contributed by atoms with Gasteiger partial charge in [0.15, 0.2) is 0 Å². The van der Waals surface area contributed by atoms with Gasteiger partial charge in [0, 0.05) is 17.3 Å². The average molecular weight is 308 g/mol. The molecule has 0 bridgehead atoms. The largest absolute Gasteiger partial charge is 0.491 e. The number of hydrogen-bond acceptors (Lipinski definition) is 2. The Bertz CT molecular complexity index is 608. The standard InChI is InChI=1S/C17H19ClFNO/c1-11(2)21-16-4-5-17(12(3)6-16)20-10-13-7-14(18)9-15(19)8-13/h4-9,11,20H,10H2,1-3H3. The summed E-state index contributed by atoms with van der Waals surface area (Å²) in [5.74, 6) is 0.526. The van der Waals surface area contributed by atoms with Crippen LogP contribution in [0.4, 0.5) is 10.1 Å². The third-order valence-electron chi connectivity index (χ3n) is 2.97. The summed E-state index contributed by atoms with van der Waals surface area (Å²) in [5, 5.41) is 3.69.